The van der Waals surface area contributed by atoms with Gasteiger partial charge < -0.3 is 9.47 Å². The van der Waals surface area contributed by atoms with Crippen molar-refractivity contribution in [2.24, 2.45) is 5.92 Å². The Bertz CT molecular complexity index is 253. The maximum absolute atomic E-state index is 11.5. The van der Waals surface area contributed by atoms with Crippen LogP contribution in [-0.2, 0) is 19.1 Å². The summed E-state index contributed by atoms with van der Waals surface area (Å²) in [5.41, 5.74) is -0.473. The molecule has 0 aliphatic carbocycles. The fourth-order valence-corrected chi connectivity index (χ4v) is 1.30. The molecule has 0 aromatic rings. The van der Waals surface area contributed by atoms with Crippen molar-refractivity contribution < 1.29 is 19.1 Å². The molecule has 0 fully saturated rings. The predicted molar refractivity (Wildman–Crippen MR) is 65.5 cm³/mol. The summed E-state index contributed by atoms with van der Waals surface area (Å²) in [4.78, 5) is 22.8. The molecule has 0 saturated heterocycles. The molecule has 0 heterocycles. The molecule has 0 N–H and O–H groups in total. The molecule has 0 bridgehead atoms. The fraction of sp³-hybridized carbons (Fsp3) is 0.846. The first-order valence-electron chi connectivity index (χ1n) is 6.12. The average molecular weight is 244 g/mol. The van der Waals surface area contributed by atoms with Gasteiger partial charge in [-0.2, -0.15) is 0 Å². The molecule has 0 radical (unpaired) electrons. The number of hydrogen-bond acceptors (Lipinski definition) is 4. The van der Waals surface area contributed by atoms with Crippen LogP contribution in [0.5, 0.6) is 0 Å². The number of rotatable bonds is 6. The molecule has 17 heavy (non-hydrogen) atoms. The smallest absolute Gasteiger partial charge is 0.306 e. The number of hydrogen-bond donors (Lipinski definition) is 0. The van der Waals surface area contributed by atoms with Crippen molar-refractivity contribution in [3.05, 3.63) is 0 Å². The highest BCUT2D eigenvalue weighted by atomic mass is 16.6. The summed E-state index contributed by atoms with van der Waals surface area (Å²) in [6.07, 6.45) is 1.32. The van der Waals surface area contributed by atoms with Gasteiger partial charge in [-0.1, -0.05) is 13.8 Å². The topological polar surface area (TPSA) is 52.6 Å². The first-order valence-corrected chi connectivity index (χ1v) is 6.12. The third-order valence-corrected chi connectivity index (χ3v) is 1.92. The van der Waals surface area contributed by atoms with Crippen LogP contribution in [0.3, 0.4) is 0 Å². The van der Waals surface area contributed by atoms with E-state index >= 15 is 0 Å². The Balaban J connectivity index is 3.89. The van der Waals surface area contributed by atoms with E-state index in [9.17, 15) is 9.59 Å². The molecule has 0 aromatic heterocycles. The van der Waals surface area contributed by atoms with Crippen LogP contribution < -0.4 is 0 Å². The highest BCUT2D eigenvalue weighted by molar-refractivity contribution is 5.73. The molecule has 1 unspecified atom stereocenters. The second-order valence-corrected chi connectivity index (χ2v) is 5.32. The van der Waals surface area contributed by atoms with Crippen molar-refractivity contribution in [2.45, 2.75) is 59.5 Å². The van der Waals surface area contributed by atoms with E-state index in [0.29, 0.717) is 6.61 Å². The quantitative estimate of drug-likeness (QED) is 0.674. The zero-order valence-corrected chi connectivity index (χ0v) is 11.5. The molecule has 4 heteroatoms. The minimum Gasteiger partial charge on any atom is -0.466 e. The highest BCUT2D eigenvalue weighted by Crippen LogP contribution is 2.14. The molecule has 0 aromatic carbocycles. The number of carbonyl (C=O) groups excluding carboxylic acids is 2. The van der Waals surface area contributed by atoms with Crippen molar-refractivity contribution in [3.8, 4) is 0 Å². The average Bonchev–Trinajstić information content (AvgIpc) is 2.10. The molecule has 0 spiro atoms. The van der Waals surface area contributed by atoms with E-state index in [-0.39, 0.29) is 30.7 Å². The Morgan fingerprint density at radius 1 is 1.12 bits per heavy atom. The highest BCUT2D eigenvalue weighted by Gasteiger charge is 2.20. The predicted octanol–water partition coefficient (Wildman–Crippen LogP) is 2.70. The minimum absolute atomic E-state index is 0.0470. The van der Waals surface area contributed by atoms with E-state index in [1.165, 1.54) is 0 Å². The maximum Gasteiger partial charge on any atom is 0.306 e. The molecule has 0 rings (SSSR count). The van der Waals surface area contributed by atoms with E-state index < -0.39 is 5.60 Å². The first kappa shape index (κ1) is 15.9. The van der Waals surface area contributed by atoms with Crippen LogP contribution in [0.15, 0.2) is 0 Å². The summed E-state index contributed by atoms with van der Waals surface area (Å²) in [5, 5.41) is 0. The van der Waals surface area contributed by atoms with Crippen molar-refractivity contribution >= 4 is 11.9 Å². The lowest BCUT2D eigenvalue weighted by Gasteiger charge is -2.20. The molecule has 0 saturated carbocycles. The van der Waals surface area contributed by atoms with E-state index in [0.717, 1.165) is 6.42 Å². The van der Waals surface area contributed by atoms with Gasteiger partial charge in [0.05, 0.1) is 6.61 Å². The summed E-state index contributed by atoms with van der Waals surface area (Å²) in [6, 6.07) is 0. The Kier molecular flexibility index (Phi) is 6.85. The van der Waals surface area contributed by atoms with Gasteiger partial charge in [-0.05, 0) is 33.1 Å². The van der Waals surface area contributed by atoms with Crippen molar-refractivity contribution in [1.82, 2.24) is 0 Å². The maximum atomic E-state index is 11.5. The molecule has 1 atom stereocenters. The van der Waals surface area contributed by atoms with E-state index in [4.69, 9.17) is 9.47 Å². The fourth-order valence-electron chi connectivity index (χ4n) is 1.30. The molecule has 0 aliphatic rings. The Morgan fingerprint density at radius 3 is 2.12 bits per heavy atom. The molecular formula is C13H24O4. The van der Waals surface area contributed by atoms with Crippen LogP contribution in [0, 0.1) is 5.92 Å². The molecule has 0 amide bonds. The van der Waals surface area contributed by atoms with E-state index in [1.54, 1.807) is 0 Å². The summed E-state index contributed by atoms with van der Waals surface area (Å²) < 4.78 is 10.1. The number of carbonyl (C=O) groups is 2. The van der Waals surface area contributed by atoms with Gasteiger partial charge in [0.2, 0.25) is 0 Å². The van der Waals surface area contributed by atoms with Gasteiger partial charge in [-0.3, -0.25) is 9.59 Å². The first-order chi connectivity index (χ1) is 7.74. The minimum atomic E-state index is -0.473. The largest absolute Gasteiger partial charge is 0.466 e. The third kappa shape index (κ3) is 9.85. The van der Waals surface area contributed by atoms with Gasteiger partial charge in [0.25, 0.3) is 0 Å². The van der Waals surface area contributed by atoms with Crippen LogP contribution in [0.2, 0.25) is 0 Å². The number of esters is 2. The van der Waals surface area contributed by atoms with Crippen molar-refractivity contribution in [2.75, 3.05) is 6.61 Å². The van der Waals surface area contributed by atoms with Gasteiger partial charge in [0, 0.05) is 12.8 Å². The second kappa shape index (κ2) is 7.30. The van der Waals surface area contributed by atoms with Crippen LogP contribution in [0.1, 0.15) is 53.9 Å². The van der Waals surface area contributed by atoms with Gasteiger partial charge >= 0.3 is 11.9 Å². The summed E-state index contributed by atoms with van der Waals surface area (Å²) in [6.45, 7) is 9.70. The second-order valence-electron chi connectivity index (χ2n) is 5.32. The normalized spacial score (nSPS) is 13.0. The lowest BCUT2D eigenvalue weighted by molar-refractivity contribution is -0.156. The SMILES string of the molecule is CCCOC(=O)CC(C)CC(=O)OC(C)(C)C. The zero-order valence-electron chi connectivity index (χ0n) is 11.5. The third-order valence-electron chi connectivity index (χ3n) is 1.92. The lowest BCUT2D eigenvalue weighted by Crippen LogP contribution is -2.25. The number of ether oxygens (including phenoxy) is 2. The Labute approximate surface area is 104 Å². The lowest BCUT2D eigenvalue weighted by atomic mass is 10.0. The molecule has 100 valence electrons. The van der Waals surface area contributed by atoms with Gasteiger partial charge in [0.1, 0.15) is 5.60 Å². The van der Waals surface area contributed by atoms with Gasteiger partial charge in [-0.15, -0.1) is 0 Å². The van der Waals surface area contributed by atoms with Crippen molar-refractivity contribution in [3.63, 3.8) is 0 Å². The Hall–Kier alpha value is -1.06. The van der Waals surface area contributed by atoms with Crippen LogP contribution >= 0.6 is 0 Å². The standard InChI is InChI=1S/C13H24O4/c1-6-7-16-11(14)8-10(2)9-12(15)17-13(3,4)5/h10H,6-9H2,1-5H3. The molecule has 0 aliphatic heterocycles. The monoisotopic (exact) mass is 244 g/mol. The molecular weight excluding hydrogens is 220 g/mol. The van der Waals surface area contributed by atoms with Gasteiger partial charge in [0.15, 0.2) is 0 Å². The van der Waals surface area contributed by atoms with Crippen LogP contribution in [-0.4, -0.2) is 24.1 Å². The summed E-state index contributed by atoms with van der Waals surface area (Å²) in [5.74, 6) is -0.564. The van der Waals surface area contributed by atoms with Crippen molar-refractivity contribution in [1.29, 1.82) is 0 Å². The summed E-state index contributed by atoms with van der Waals surface area (Å²) >= 11 is 0. The zero-order chi connectivity index (χ0) is 13.5. The van der Waals surface area contributed by atoms with E-state index in [1.807, 2.05) is 34.6 Å². The van der Waals surface area contributed by atoms with Crippen LogP contribution in [0.4, 0.5) is 0 Å². The van der Waals surface area contributed by atoms with Gasteiger partial charge in [-0.25, -0.2) is 0 Å². The molecule has 4 nitrogen and oxygen atoms in total. The van der Waals surface area contributed by atoms with Crippen LogP contribution in [0.25, 0.3) is 0 Å². The summed E-state index contributed by atoms with van der Waals surface area (Å²) in [7, 11) is 0. The Morgan fingerprint density at radius 2 is 1.65 bits per heavy atom. The van der Waals surface area contributed by atoms with E-state index in [2.05, 4.69) is 0 Å².